The fraction of sp³-hybridized carbons (Fsp3) is 0.409. The first kappa shape index (κ1) is 23.3. The molecule has 1 aliphatic rings. The molecule has 0 radical (unpaired) electrons. The van der Waals surface area contributed by atoms with Gasteiger partial charge in [-0.2, -0.15) is 0 Å². The van der Waals surface area contributed by atoms with Gasteiger partial charge in [-0.1, -0.05) is 36.4 Å². The Morgan fingerprint density at radius 1 is 1.19 bits per heavy atom. The lowest BCUT2D eigenvalue weighted by molar-refractivity contribution is -0.131. The summed E-state index contributed by atoms with van der Waals surface area (Å²) in [7, 11) is -3.97. The number of carbonyl (C=O) groups excluding carboxylic acids is 1. The summed E-state index contributed by atoms with van der Waals surface area (Å²) in [5, 5.41) is 12.6. The van der Waals surface area contributed by atoms with Crippen LogP contribution in [0.4, 0.5) is 4.39 Å². The summed E-state index contributed by atoms with van der Waals surface area (Å²) in [6.45, 7) is 1.48. The minimum atomic E-state index is -3.97. The van der Waals surface area contributed by atoms with Crippen LogP contribution in [0.3, 0.4) is 0 Å². The predicted molar refractivity (Wildman–Crippen MR) is 113 cm³/mol. The number of sulfonamides is 1. The van der Waals surface area contributed by atoms with Crippen LogP contribution < -0.4 is 10.0 Å². The number of carbonyl (C=O) groups is 1. The second-order valence-corrected chi connectivity index (χ2v) is 9.36. The monoisotopic (exact) mass is 450 g/mol. The van der Waals surface area contributed by atoms with Gasteiger partial charge in [0.05, 0.1) is 42.2 Å². The number of hydrogen-bond acceptors (Lipinski definition) is 5. The van der Waals surface area contributed by atoms with E-state index in [1.165, 1.54) is 12.1 Å². The van der Waals surface area contributed by atoms with E-state index >= 15 is 0 Å². The van der Waals surface area contributed by atoms with Crippen molar-refractivity contribution in [2.75, 3.05) is 6.61 Å². The van der Waals surface area contributed by atoms with Gasteiger partial charge in [0.25, 0.3) is 0 Å². The summed E-state index contributed by atoms with van der Waals surface area (Å²) in [6.07, 6.45) is -0.306. The lowest BCUT2D eigenvalue weighted by Crippen LogP contribution is -2.51. The van der Waals surface area contributed by atoms with Crippen LogP contribution in [-0.4, -0.2) is 44.3 Å². The van der Waals surface area contributed by atoms with E-state index in [1.54, 1.807) is 0 Å². The zero-order valence-electron chi connectivity index (χ0n) is 17.2. The lowest BCUT2D eigenvalue weighted by atomic mass is 9.97. The van der Waals surface area contributed by atoms with E-state index < -0.39 is 40.7 Å². The van der Waals surface area contributed by atoms with Crippen molar-refractivity contribution >= 4 is 15.9 Å². The van der Waals surface area contributed by atoms with Crippen LogP contribution in [0.15, 0.2) is 59.5 Å². The number of hydrogen-bond donors (Lipinski definition) is 3. The van der Waals surface area contributed by atoms with Gasteiger partial charge >= 0.3 is 0 Å². The van der Waals surface area contributed by atoms with Crippen LogP contribution in [0.2, 0.25) is 0 Å². The molecular formula is C22H27FN2O5S. The number of benzene rings is 2. The molecule has 4 atom stereocenters. The second-order valence-electron chi connectivity index (χ2n) is 7.65. The first-order chi connectivity index (χ1) is 14.8. The Hall–Kier alpha value is -2.33. The molecule has 0 unspecified atom stereocenters. The summed E-state index contributed by atoms with van der Waals surface area (Å²) in [5.41, 5.74) is 0.987. The summed E-state index contributed by atoms with van der Waals surface area (Å²) in [5.74, 6) is -0.839. The van der Waals surface area contributed by atoms with E-state index in [1.807, 2.05) is 37.3 Å². The number of rotatable bonds is 8. The third-order valence-electron chi connectivity index (χ3n) is 5.30. The molecule has 0 aromatic heterocycles. The molecule has 3 N–H and O–H groups in total. The van der Waals surface area contributed by atoms with Gasteiger partial charge < -0.3 is 15.2 Å². The van der Waals surface area contributed by atoms with Crippen LogP contribution in [0.25, 0.3) is 0 Å². The average Bonchev–Trinajstić information content (AvgIpc) is 2.75. The topological polar surface area (TPSA) is 105 Å². The minimum absolute atomic E-state index is 0.108. The Morgan fingerprint density at radius 2 is 1.94 bits per heavy atom. The highest BCUT2D eigenvalue weighted by Crippen LogP contribution is 2.24. The van der Waals surface area contributed by atoms with Crippen LogP contribution in [0.1, 0.15) is 37.8 Å². The third-order valence-corrected chi connectivity index (χ3v) is 6.79. The molecule has 7 nitrogen and oxygen atoms in total. The molecule has 3 rings (SSSR count). The Kier molecular flexibility index (Phi) is 7.77. The Balaban J connectivity index is 1.56. The van der Waals surface area contributed by atoms with Gasteiger partial charge in [0, 0.05) is 0 Å². The first-order valence-electron chi connectivity index (χ1n) is 10.2. The Bertz CT molecular complexity index is 986. The molecule has 0 saturated carbocycles. The number of ether oxygens (including phenoxy) is 1. The van der Waals surface area contributed by atoms with Crippen molar-refractivity contribution in [1.29, 1.82) is 0 Å². The Morgan fingerprint density at radius 3 is 2.61 bits per heavy atom. The van der Waals surface area contributed by atoms with Gasteiger partial charge in [0.2, 0.25) is 15.9 Å². The zero-order valence-corrected chi connectivity index (χ0v) is 18.0. The second kappa shape index (κ2) is 10.3. The fourth-order valence-electron chi connectivity index (χ4n) is 3.65. The summed E-state index contributed by atoms with van der Waals surface area (Å²) >= 11 is 0. The fourth-order valence-corrected chi connectivity index (χ4v) is 4.98. The van der Waals surface area contributed by atoms with Gasteiger partial charge in [0.15, 0.2) is 0 Å². The molecule has 0 bridgehead atoms. The summed E-state index contributed by atoms with van der Waals surface area (Å²) in [4.78, 5) is 12.2. The normalized spacial score (nSPS) is 22.6. The van der Waals surface area contributed by atoms with Crippen LogP contribution in [0, 0.1) is 5.82 Å². The van der Waals surface area contributed by atoms with Gasteiger partial charge in [0.1, 0.15) is 5.82 Å². The third kappa shape index (κ3) is 6.33. The van der Waals surface area contributed by atoms with E-state index in [0.29, 0.717) is 12.8 Å². The SMILES string of the molecule is C[C@H](NC(=O)C[C@@H]1CC[C@@H](NS(=O)(=O)c2cccc(F)c2)[C@H](CO)O1)c1ccccc1. The zero-order chi connectivity index (χ0) is 22.4. The molecule has 9 heteroatoms. The summed E-state index contributed by atoms with van der Waals surface area (Å²) in [6, 6.07) is 13.4. The molecule has 1 fully saturated rings. The highest BCUT2D eigenvalue weighted by atomic mass is 32.2. The van der Waals surface area contributed by atoms with E-state index in [2.05, 4.69) is 10.0 Å². The van der Waals surface area contributed by atoms with Crippen molar-refractivity contribution in [3.05, 3.63) is 66.0 Å². The minimum Gasteiger partial charge on any atom is -0.394 e. The van der Waals surface area contributed by atoms with E-state index in [9.17, 15) is 22.7 Å². The van der Waals surface area contributed by atoms with Crippen molar-refractivity contribution in [3.63, 3.8) is 0 Å². The van der Waals surface area contributed by atoms with Gasteiger partial charge in [-0.25, -0.2) is 17.5 Å². The maximum atomic E-state index is 13.4. The summed E-state index contributed by atoms with van der Waals surface area (Å²) < 4.78 is 46.8. The van der Waals surface area contributed by atoms with E-state index in [4.69, 9.17) is 4.74 Å². The maximum absolute atomic E-state index is 13.4. The van der Waals surface area contributed by atoms with Crippen molar-refractivity contribution in [1.82, 2.24) is 10.0 Å². The largest absolute Gasteiger partial charge is 0.394 e. The van der Waals surface area contributed by atoms with Crippen molar-refractivity contribution in [3.8, 4) is 0 Å². The number of halogens is 1. The molecular weight excluding hydrogens is 423 g/mol. The van der Waals surface area contributed by atoms with Gasteiger partial charge in [-0.15, -0.1) is 0 Å². The predicted octanol–water partition coefficient (Wildman–Crippen LogP) is 2.28. The number of aliphatic hydroxyl groups is 1. The molecule has 1 aliphatic heterocycles. The smallest absolute Gasteiger partial charge is 0.241 e. The molecule has 31 heavy (non-hydrogen) atoms. The lowest BCUT2D eigenvalue weighted by Gasteiger charge is -2.35. The van der Waals surface area contributed by atoms with Crippen molar-refractivity contribution < 1.29 is 27.4 Å². The maximum Gasteiger partial charge on any atom is 0.241 e. The standard InChI is InChI=1S/C22H27FN2O5S/c1-15(16-6-3-2-4-7-16)24-22(27)13-18-10-11-20(21(14-26)30-18)25-31(28,29)19-9-5-8-17(23)12-19/h2-9,12,15,18,20-21,25-26H,10-11,13-14H2,1H3,(H,24,27)/t15-,18-,20+,21-/m0/s1. The highest BCUT2D eigenvalue weighted by Gasteiger charge is 2.35. The van der Waals surface area contributed by atoms with Gasteiger partial charge in [-0.3, -0.25) is 4.79 Å². The number of nitrogens with one attached hydrogen (secondary N) is 2. The first-order valence-corrected chi connectivity index (χ1v) is 11.7. The van der Waals surface area contributed by atoms with E-state index in [0.717, 1.165) is 17.7 Å². The average molecular weight is 451 g/mol. The number of aliphatic hydroxyl groups excluding tert-OH is 1. The van der Waals surface area contributed by atoms with Gasteiger partial charge in [-0.05, 0) is 43.5 Å². The molecule has 0 spiro atoms. The molecule has 2 aromatic carbocycles. The quantitative estimate of drug-likeness (QED) is 0.572. The van der Waals surface area contributed by atoms with Crippen LogP contribution in [-0.2, 0) is 19.6 Å². The molecule has 168 valence electrons. The number of amides is 1. The molecule has 0 aliphatic carbocycles. The Labute approximate surface area is 181 Å². The molecule has 1 amide bonds. The highest BCUT2D eigenvalue weighted by molar-refractivity contribution is 7.89. The van der Waals surface area contributed by atoms with Crippen LogP contribution >= 0.6 is 0 Å². The molecule has 2 aromatic rings. The molecule has 1 heterocycles. The van der Waals surface area contributed by atoms with E-state index in [-0.39, 0.29) is 23.3 Å². The molecule has 1 saturated heterocycles. The van der Waals surface area contributed by atoms with Crippen molar-refractivity contribution in [2.45, 2.75) is 55.4 Å². The van der Waals surface area contributed by atoms with Crippen LogP contribution in [0.5, 0.6) is 0 Å². The van der Waals surface area contributed by atoms with Crippen molar-refractivity contribution in [2.24, 2.45) is 0 Å².